The number of hydrogen-bond donors (Lipinski definition) is 1. The topological polar surface area (TPSA) is 92.5 Å². The number of rotatable bonds is 3. The molecular formula is C17H17N3O4. The molecule has 0 radical (unpaired) electrons. The second kappa shape index (κ2) is 6.27. The summed E-state index contributed by atoms with van der Waals surface area (Å²) in [5, 5.41) is 13.5. The number of amides is 1. The monoisotopic (exact) mass is 327 g/mol. The molecule has 0 saturated heterocycles. The fourth-order valence-corrected chi connectivity index (χ4v) is 2.89. The summed E-state index contributed by atoms with van der Waals surface area (Å²) in [7, 11) is 0. The van der Waals surface area contributed by atoms with Crippen LogP contribution in [-0.2, 0) is 24.3 Å². The van der Waals surface area contributed by atoms with Gasteiger partial charge in [-0.1, -0.05) is 24.3 Å². The minimum Gasteiger partial charge on any atom is -0.480 e. The van der Waals surface area contributed by atoms with Crippen molar-refractivity contribution in [2.45, 2.75) is 32.5 Å². The van der Waals surface area contributed by atoms with Crippen LogP contribution in [0.2, 0.25) is 0 Å². The number of aryl methyl sites for hydroxylation is 1. The molecule has 0 unspecified atom stereocenters. The molecule has 1 amide bonds. The maximum atomic E-state index is 12.8. The SMILES string of the molecule is CCn1nc(C(=O)N2Cc3ccccc3C[C@H]2C(=O)O)ccc1=O. The molecule has 0 aliphatic carbocycles. The molecule has 7 nitrogen and oxygen atoms in total. The first-order valence-electron chi connectivity index (χ1n) is 7.70. The largest absolute Gasteiger partial charge is 0.480 e. The molecule has 7 heteroatoms. The van der Waals surface area contributed by atoms with Crippen molar-refractivity contribution in [3.05, 3.63) is 63.6 Å². The van der Waals surface area contributed by atoms with Crippen LogP contribution in [0.4, 0.5) is 0 Å². The Bertz CT molecular complexity index is 859. The lowest BCUT2D eigenvalue weighted by Gasteiger charge is -2.34. The average molecular weight is 327 g/mol. The lowest BCUT2D eigenvalue weighted by molar-refractivity contribution is -0.142. The normalized spacial score (nSPS) is 16.5. The summed E-state index contributed by atoms with van der Waals surface area (Å²) in [6.07, 6.45) is 0.255. The standard InChI is InChI=1S/C17H17N3O4/c1-2-20-15(21)8-7-13(18-20)16(22)19-10-12-6-4-3-5-11(12)9-14(19)17(23)24/h3-8,14H,2,9-10H2,1H3,(H,23,24)/t14-/m0/s1. The maximum absolute atomic E-state index is 12.8. The van der Waals surface area contributed by atoms with Crippen LogP contribution in [0.1, 0.15) is 28.5 Å². The summed E-state index contributed by atoms with van der Waals surface area (Å²) in [4.78, 5) is 37.3. The van der Waals surface area contributed by atoms with Gasteiger partial charge in [0.15, 0.2) is 0 Å². The molecule has 1 aromatic heterocycles. The minimum atomic E-state index is -1.05. The van der Waals surface area contributed by atoms with E-state index in [0.29, 0.717) is 6.54 Å². The van der Waals surface area contributed by atoms with Crippen molar-refractivity contribution < 1.29 is 14.7 Å². The van der Waals surface area contributed by atoms with Gasteiger partial charge < -0.3 is 10.0 Å². The van der Waals surface area contributed by atoms with Crippen molar-refractivity contribution >= 4 is 11.9 Å². The third kappa shape index (κ3) is 2.80. The molecule has 0 bridgehead atoms. The number of fused-ring (bicyclic) bond motifs is 1. The Morgan fingerprint density at radius 1 is 1.21 bits per heavy atom. The van der Waals surface area contributed by atoms with Gasteiger partial charge in [-0.25, -0.2) is 9.48 Å². The van der Waals surface area contributed by atoms with Gasteiger partial charge >= 0.3 is 5.97 Å². The Labute approximate surface area is 138 Å². The molecular weight excluding hydrogens is 310 g/mol. The summed E-state index contributed by atoms with van der Waals surface area (Å²) in [6.45, 7) is 2.30. The Morgan fingerprint density at radius 3 is 2.58 bits per heavy atom. The molecule has 1 atom stereocenters. The van der Waals surface area contributed by atoms with E-state index < -0.39 is 17.9 Å². The Balaban J connectivity index is 1.98. The highest BCUT2D eigenvalue weighted by atomic mass is 16.4. The molecule has 2 heterocycles. The van der Waals surface area contributed by atoms with Crippen LogP contribution < -0.4 is 5.56 Å². The molecule has 3 rings (SSSR count). The van der Waals surface area contributed by atoms with Crippen LogP contribution >= 0.6 is 0 Å². The first-order chi connectivity index (χ1) is 11.5. The van der Waals surface area contributed by atoms with Gasteiger partial charge in [0.05, 0.1) is 0 Å². The molecule has 0 fully saturated rings. The number of hydrogen-bond acceptors (Lipinski definition) is 4. The average Bonchev–Trinajstić information content (AvgIpc) is 2.60. The van der Waals surface area contributed by atoms with E-state index in [-0.39, 0.29) is 24.2 Å². The predicted molar refractivity (Wildman–Crippen MR) is 85.6 cm³/mol. The zero-order valence-corrected chi connectivity index (χ0v) is 13.2. The van der Waals surface area contributed by atoms with Gasteiger partial charge in [-0.15, -0.1) is 0 Å². The molecule has 0 spiro atoms. The van der Waals surface area contributed by atoms with Crippen molar-refractivity contribution in [1.29, 1.82) is 0 Å². The lowest BCUT2D eigenvalue weighted by atomic mass is 9.93. The second-order valence-electron chi connectivity index (χ2n) is 5.63. The van der Waals surface area contributed by atoms with E-state index in [1.165, 1.54) is 21.7 Å². The van der Waals surface area contributed by atoms with Crippen molar-refractivity contribution in [3.8, 4) is 0 Å². The van der Waals surface area contributed by atoms with Crippen molar-refractivity contribution in [3.63, 3.8) is 0 Å². The van der Waals surface area contributed by atoms with E-state index in [4.69, 9.17) is 0 Å². The smallest absolute Gasteiger partial charge is 0.326 e. The molecule has 1 N–H and O–H groups in total. The quantitative estimate of drug-likeness (QED) is 0.905. The molecule has 24 heavy (non-hydrogen) atoms. The zero-order chi connectivity index (χ0) is 17.3. The van der Waals surface area contributed by atoms with Crippen LogP contribution in [0.25, 0.3) is 0 Å². The number of carbonyl (C=O) groups excluding carboxylic acids is 1. The third-order valence-electron chi connectivity index (χ3n) is 4.18. The number of aliphatic carboxylic acids is 1. The molecule has 124 valence electrons. The van der Waals surface area contributed by atoms with Crippen LogP contribution in [0, 0.1) is 0 Å². The number of aromatic nitrogens is 2. The number of carboxylic acids is 1. The lowest BCUT2D eigenvalue weighted by Crippen LogP contribution is -2.49. The van der Waals surface area contributed by atoms with Gasteiger partial charge in [0.2, 0.25) is 0 Å². The van der Waals surface area contributed by atoms with Crippen molar-refractivity contribution in [2.75, 3.05) is 0 Å². The highest BCUT2D eigenvalue weighted by Crippen LogP contribution is 2.24. The predicted octanol–water partition coefficient (Wildman–Crippen LogP) is 0.915. The summed E-state index contributed by atoms with van der Waals surface area (Å²) < 4.78 is 1.18. The fourth-order valence-electron chi connectivity index (χ4n) is 2.89. The summed E-state index contributed by atoms with van der Waals surface area (Å²) in [6, 6.07) is 9.15. The van der Waals surface area contributed by atoms with E-state index in [2.05, 4.69) is 5.10 Å². The van der Waals surface area contributed by atoms with Crippen LogP contribution in [0.3, 0.4) is 0 Å². The molecule has 1 aromatic carbocycles. The summed E-state index contributed by atoms with van der Waals surface area (Å²) in [5.41, 5.74) is 1.63. The second-order valence-corrected chi connectivity index (χ2v) is 5.63. The van der Waals surface area contributed by atoms with Crippen molar-refractivity contribution in [2.24, 2.45) is 0 Å². The highest BCUT2D eigenvalue weighted by molar-refractivity contribution is 5.95. The van der Waals surface area contributed by atoms with E-state index in [1.807, 2.05) is 24.3 Å². The van der Waals surface area contributed by atoms with Gasteiger partial charge in [0.25, 0.3) is 11.5 Å². The number of nitrogens with zero attached hydrogens (tertiary/aromatic N) is 3. The van der Waals surface area contributed by atoms with Gasteiger partial charge in [-0.2, -0.15) is 5.10 Å². The van der Waals surface area contributed by atoms with Gasteiger partial charge in [0.1, 0.15) is 11.7 Å². The van der Waals surface area contributed by atoms with E-state index >= 15 is 0 Å². The fraction of sp³-hybridized carbons (Fsp3) is 0.294. The van der Waals surface area contributed by atoms with Gasteiger partial charge in [0, 0.05) is 25.6 Å². The van der Waals surface area contributed by atoms with Crippen LogP contribution in [-0.4, -0.2) is 37.7 Å². The van der Waals surface area contributed by atoms with Gasteiger partial charge in [-0.3, -0.25) is 9.59 Å². The van der Waals surface area contributed by atoms with Crippen LogP contribution in [0.5, 0.6) is 0 Å². The molecule has 1 aliphatic rings. The van der Waals surface area contributed by atoms with E-state index in [0.717, 1.165) is 11.1 Å². The molecule has 2 aromatic rings. The van der Waals surface area contributed by atoms with E-state index in [9.17, 15) is 19.5 Å². The molecule has 0 saturated carbocycles. The van der Waals surface area contributed by atoms with Crippen molar-refractivity contribution in [1.82, 2.24) is 14.7 Å². The summed E-state index contributed by atoms with van der Waals surface area (Å²) >= 11 is 0. The van der Waals surface area contributed by atoms with E-state index in [1.54, 1.807) is 6.92 Å². The third-order valence-corrected chi connectivity index (χ3v) is 4.18. The maximum Gasteiger partial charge on any atom is 0.326 e. The number of carbonyl (C=O) groups is 2. The minimum absolute atomic E-state index is 0.0714. The first kappa shape index (κ1) is 15.9. The highest BCUT2D eigenvalue weighted by Gasteiger charge is 2.35. The number of benzene rings is 1. The first-order valence-corrected chi connectivity index (χ1v) is 7.70. The molecule has 1 aliphatic heterocycles. The zero-order valence-electron chi connectivity index (χ0n) is 13.2. The summed E-state index contributed by atoms with van der Waals surface area (Å²) in [5.74, 6) is -1.54. The number of carboxylic acid groups (broad SMARTS) is 1. The van der Waals surface area contributed by atoms with Gasteiger partial charge in [-0.05, 0) is 24.1 Å². The van der Waals surface area contributed by atoms with Crippen LogP contribution in [0.15, 0.2) is 41.2 Å². The Hall–Kier alpha value is -2.96. The Morgan fingerprint density at radius 2 is 1.92 bits per heavy atom. The Kier molecular flexibility index (Phi) is 4.16.